The van der Waals surface area contributed by atoms with E-state index in [1.165, 1.54) is 51.4 Å². The molecule has 0 radical (unpaired) electrons. The Balaban J connectivity index is 1.36. The van der Waals surface area contributed by atoms with Crippen molar-refractivity contribution >= 4 is 17.0 Å². The molecule has 0 N–H and O–H groups in total. The van der Waals surface area contributed by atoms with Crippen molar-refractivity contribution in [1.29, 1.82) is 0 Å². The van der Waals surface area contributed by atoms with Crippen LogP contribution in [0.25, 0.3) is 11.0 Å². The van der Waals surface area contributed by atoms with Crippen LogP contribution >= 0.6 is 0 Å². The zero-order valence-electron chi connectivity index (χ0n) is 19.6. The van der Waals surface area contributed by atoms with Crippen molar-refractivity contribution in [3.63, 3.8) is 0 Å². The van der Waals surface area contributed by atoms with Crippen molar-refractivity contribution in [2.45, 2.75) is 95.3 Å². The molecule has 6 rings (SSSR count). The number of hydrogen-bond donors (Lipinski definition) is 0. The third-order valence-electron chi connectivity index (χ3n) is 9.00. The highest BCUT2D eigenvalue weighted by molar-refractivity contribution is 5.89. The van der Waals surface area contributed by atoms with E-state index in [1.807, 2.05) is 28.8 Å². The van der Waals surface area contributed by atoms with Gasteiger partial charge in [-0.15, -0.1) is 0 Å². The molecule has 4 aliphatic rings. The second-order valence-electron chi connectivity index (χ2n) is 10.7. The van der Waals surface area contributed by atoms with Crippen molar-refractivity contribution in [2.75, 3.05) is 6.61 Å². The second kappa shape index (κ2) is 8.53. The van der Waals surface area contributed by atoms with Crippen LogP contribution in [0.15, 0.2) is 29.1 Å². The molecular formula is C27H35N3O3. The topological polar surface area (TPSA) is 64.4 Å². The number of fused-ring (bicyclic) bond motifs is 6. The molecule has 4 fully saturated rings. The van der Waals surface area contributed by atoms with Crippen molar-refractivity contribution in [1.82, 2.24) is 14.5 Å². The summed E-state index contributed by atoms with van der Waals surface area (Å²) in [6.45, 7) is 1.99. The van der Waals surface area contributed by atoms with E-state index >= 15 is 0 Å². The highest BCUT2D eigenvalue weighted by Crippen LogP contribution is 2.50. The normalized spacial score (nSPS) is 33.8. The van der Waals surface area contributed by atoms with Crippen LogP contribution in [0, 0.1) is 11.8 Å². The van der Waals surface area contributed by atoms with Crippen molar-refractivity contribution < 1.29 is 9.53 Å². The van der Waals surface area contributed by atoms with E-state index in [-0.39, 0.29) is 23.9 Å². The van der Waals surface area contributed by atoms with Crippen LogP contribution in [0.4, 0.5) is 0 Å². The average molecular weight is 450 g/mol. The number of esters is 1. The summed E-state index contributed by atoms with van der Waals surface area (Å²) >= 11 is 0. The zero-order valence-corrected chi connectivity index (χ0v) is 19.6. The summed E-state index contributed by atoms with van der Waals surface area (Å²) in [5.41, 5.74) is 1.16. The van der Waals surface area contributed by atoms with Gasteiger partial charge in [0, 0.05) is 24.2 Å². The maximum atomic E-state index is 13.6. The standard InChI is InChI=1S/C27H35N3O3/c1-2-33-27(32)24-26(31)30(23-12-4-3-11-22(23)28-24)21-15-19-13-14-20(16-21)29(19)25-17-7-5-8-18(25)10-6-9-17/h3-4,11-12,17-21,25H,2,5-10,13-16H2,1H3/t17?,18?,19-,20+,21+,25?. The molecule has 2 aromatic rings. The average Bonchev–Trinajstić information content (AvgIpc) is 3.07. The maximum Gasteiger partial charge on any atom is 0.362 e. The third-order valence-corrected chi connectivity index (χ3v) is 9.00. The molecule has 33 heavy (non-hydrogen) atoms. The Bertz CT molecular complexity index is 1080. The number of nitrogens with zero attached hydrogens (tertiary/aromatic N) is 3. The first-order chi connectivity index (χ1) is 16.2. The first-order valence-corrected chi connectivity index (χ1v) is 13.1. The van der Waals surface area contributed by atoms with Gasteiger partial charge in [-0.25, -0.2) is 9.78 Å². The van der Waals surface area contributed by atoms with Crippen molar-refractivity contribution in [3.05, 3.63) is 40.3 Å². The summed E-state index contributed by atoms with van der Waals surface area (Å²) in [6.07, 6.45) is 12.9. The minimum Gasteiger partial charge on any atom is -0.461 e. The maximum absolute atomic E-state index is 13.6. The molecule has 3 heterocycles. The van der Waals surface area contributed by atoms with Gasteiger partial charge in [0.15, 0.2) is 0 Å². The van der Waals surface area contributed by atoms with E-state index in [1.54, 1.807) is 6.92 Å². The first-order valence-electron chi connectivity index (χ1n) is 13.1. The van der Waals surface area contributed by atoms with E-state index in [2.05, 4.69) is 9.88 Å². The van der Waals surface area contributed by atoms with Crippen LogP contribution in [-0.2, 0) is 4.74 Å². The van der Waals surface area contributed by atoms with Gasteiger partial charge in [0.2, 0.25) is 5.69 Å². The Morgan fingerprint density at radius 1 is 0.970 bits per heavy atom. The predicted molar refractivity (Wildman–Crippen MR) is 127 cm³/mol. The van der Waals surface area contributed by atoms with E-state index < -0.39 is 5.97 Å². The molecule has 0 unspecified atom stereocenters. The Hall–Kier alpha value is -2.21. The molecule has 2 saturated heterocycles. The number of aromatic nitrogens is 2. The number of benzene rings is 1. The van der Waals surface area contributed by atoms with E-state index in [0.29, 0.717) is 17.6 Å². The fourth-order valence-corrected chi connectivity index (χ4v) is 7.86. The van der Waals surface area contributed by atoms with Crippen molar-refractivity contribution in [3.8, 4) is 0 Å². The molecule has 0 spiro atoms. The highest BCUT2D eigenvalue weighted by Gasteiger charge is 2.50. The van der Waals surface area contributed by atoms with Crippen LogP contribution in [0.5, 0.6) is 0 Å². The molecule has 1 aromatic heterocycles. The fraction of sp³-hybridized carbons (Fsp3) is 0.667. The number of para-hydroxylation sites is 2. The van der Waals surface area contributed by atoms with Crippen LogP contribution in [-0.4, -0.2) is 45.2 Å². The number of hydrogen-bond acceptors (Lipinski definition) is 5. The lowest BCUT2D eigenvalue weighted by Crippen LogP contribution is -2.57. The Kier molecular flexibility index (Phi) is 5.52. The van der Waals surface area contributed by atoms with Crippen LogP contribution in [0.2, 0.25) is 0 Å². The number of carbonyl (C=O) groups is 1. The lowest BCUT2D eigenvalue weighted by Gasteiger charge is -2.53. The zero-order chi connectivity index (χ0) is 22.5. The van der Waals surface area contributed by atoms with Crippen LogP contribution in [0.1, 0.15) is 87.7 Å². The lowest BCUT2D eigenvalue weighted by atomic mass is 9.67. The molecular weight excluding hydrogens is 414 g/mol. The number of carbonyl (C=O) groups excluding carboxylic acids is 1. The van der Waals surface area contributed by atoms with Gasteiger partial charge < -0.3 is 9.30 Å². The Morgan fingerprint density at radius 2 is 1.61 bits per heavy atom. The SMILES string of the molecule is CCOC(=O)c1nc2ccccc2n([C@H]2C[C@H]3CC[C@@H](C2)N3C2C3CCCC2CCC3)c1=O. The number of rotatable bonds is 4. The Morgan fingerprint density at radius 3 is 2.24 bits per heavy atom. The van der Waals surface area contributed by atoms with Gasteiger partial charge in [0.1, 0.15) is 0 Å². The van der Waals surface area contributed by atoms with Gasteiger partial charge in [-0.2, -0.15) is 0 Å². The van der Waals surface area contributed by atoms with E-state index in [9.17, 15) is 9.59 Å². The monoisotopic (exact) mass is 449 g/mol. The smallest absolute Gasteiger partial charge is 0.362 e. The molecule has 2 saturated carbocycles. The van der Waals surface area contributed by atoms with Gasteiger partial charge in [-0.3, -0.25) is 9.69 Å². The van der Waals surface area contributed by atoms with Gasteiger partial charge in [0.25, 0.3) is 5.56 Å². The molecule has 2 aliphatic heterocycles. The summed E-state index contributed by atoms with van der Waals surface area (Å²) < 4.78 is 7.06. The van der Waals surface area contributed by atoms with Crippen LogP contribution < -0.4 is 5.56 Å². The summed E-state index contributed by atoms with van der Waals surface area (Å²) in [5.74, 6) is 1.13. The third kappa shape index (κ3) is 3.52. The summed E-state index contributed by atoms with van der Waals surface area (Å²) in [4.78, 5) is 33.4. The summed E-state index contributed by atoms with van der Waals surface area (Å²) in [5, 5.41) is 0. The van der Waals surface area contributed by atoms with E-state index in [4.69, 9.17) is 4.74 Å². The minimum atomic E-state index is -0.613. The number of piperidine rings is 1. The molecule has 4 bridgehead atoms. The van der Waals surface area contributed by atoms with Crippen LogP contribution in [0.3, 0.4) is 0 Å². The van der Waals surface area contributed by atoms with E-state index in [0.717, 1.165) is 36.2 Å². The number of ether oxygens (including phenoxy) is 1. The van der Waals surface area contributed by atoms with Crippen molar-refractivity contribution in [2.24, 2.45) is 11.8 Å². The molecule has 176 valence electrons. The molecule has 2 aliphatic carbocycles. The molecule has 6 heteroatoms. The minimum absolute atomic E-state index is 0.0767. The Labute approximate surface area is 195 Å². The molecule has 6 nitrogen and oxygen atoms in total. The quantitative estimate of drug-likeness (QED) is 0.633. The lowest BCUT2D eigenvalue weighted by molar-refractivity contribution is -0.0347. The summed E-state index contributed by atoms with van der Waals surface area (Å²) in [6, 6.07) is 9.68. The second-order valence-corrected chi connectivity index (χ2v) is 10.7. The predicted octanol–water partition coefficient (Wildman–Crippen LogP) is 4.71. The van der Waals surface area contributed by atoms with Gasteiger partial charge in [-0.1, -0.05) is 25.0 Å². The first kappa shape index (κ1) is 21.3. The molecule has 0 amide bonds. The van der Waals surface area contributed by atoms with Gasteiger partial charge in [-0.05, 0) is 82.3 Å². The van der Waals surface area contributed by atoms with Gasteiger partial charge >= 0.3 is 5.97 Å². The highest BCUT2D eigenvalue weighted by atomic mass is 16.5. The largest absolute Gasteiger partial charge is 0.461 e. The molecule has 3 atom stereocenters. The fourth-order valence-electron chi connectivity index (χ4n) is 7.86. The van der Waals surface area contributed by atoms with Gasteiger partial charge in [0.05, 0.1) is 17.6 Å². The molecule has 1 aromatic carbocycles. The summed E-state index contributed by atoms with van der Waals surface area (Å²) in [7, 11) is 0.